The lowest BCUT2D eigenvalue weighted by Gasteiger charge is -1.92. The number of rotatable bonds is 0. The molecular formula is C4H8NS. The standard InChI is InChI=1S/C4H8NS/c6-4-2-1-3-5-4/h4-5H,1-3H2. The minimum Gasteiger partial charge on any atom is -0.305 e. The van der Waals surface area contributed by atoms with Crippen LogP contribution in [0.1, 0.15) is 12.8 Å². The van der Waals surface area contributed by atoms with E-state index < -0.39 is 0 Å². The second kappa shape index (κ2) is 1.85. The zero-order chi connectivity index (χ0) is 4.41. The Hall–Kier alpha value is 0.310. The van der Waals surface area contributed by atoms with Gasteiger partial charge in [0.1, 0.15) is 0 Å². The molecular weight excluding hydrogens is 94.1 g/mol. The van der Waals surface area contributed by atoms with E-state index in [9.17, 15) is 0 Å². The van der Waals surface area contributed by atoms with Crippen molar-refractivity contribution in [2.75, 3.05) is 6.54 Å². The Morgan fingerprint density at radius 1 is 1.67 bits per heavy atom. The summed E-state index contributed by atoms with van der Waals surface area (Å²) in [5.74, 6) is 0. The summed E-state index contributed by atoms with van der Waals surface area (Å²) in [6.45, 7) is 1.13. The quantitative estimate of drug-likeness (QED) is 0.479. The van der Waals surface area contributed by atoms with Crippen molar-refractivity contribution in [1.82, 2.24) is 5.32 Å². The molecule has 6 heavy (non-hydrogen) atoms. The monoisotopic (exact) mass is 102 g/mol. The van der Waals surface area contributed by atoms with Gasteiger partial charge in [-0.2, -0.15) is 0 Å². The van der Waals surface area contributed by atoms with Gasteiger partial charge < -0.3 is 5.32 Å². The molecule has 35 valence electrons. The van der Waals surface area contributed by atoms with E-state index >= 15 is 0 Å². The van der Waals surface area contributed by atoms with E-state index in [4.69, 9.17) is 12.6 Å². The summed E-state index contributed by atoms with van der Waals surface area (Å²) in [7, 11) is 0. The first-order chi connectivity index (χ1) is 2.89. The Kier molecular flexibility index (Phi) is 1.37. The number of hydrogen-bond donors (Lipinski definition) is 1. The van der Waals surface area contributed by atoms with Crippen LogP contribution >= 0.6 is 12.6 Å². The molecule has 1 aliphatic heterocycles. The molecule has 1 fully saturated rings. The first-order valence-corrected chi connectivity index (χ1v) is 2.76. The van der Waals surface area contributed by atoms with Gasteiger partial charge in [0, 0.05) is 0 Å². The SMILES string of the molecule is [S]C1CCCN1. The van der Waals surface area contributed by atoms with E-state index in [2.05, 4.69) is 5.32 Å². The zero-order valence-electron chi connectivity index (χ0n) is 3.61. The average molecular weight is 102 g/mol. The highest BCUT2D eigenvalue weighted by molar-refractivity contribution is 7.80. The molecule has 1 N–H and O–H groups in total. The average Bonchev–Trinajstić information content (AvgIpc) is 1.86. The van der Waals surface area contributed by atoms with Gasteiger partial charge in [-0.15, -0.1) is 0 Å². The lowest BCUT2D eigenvalue weighted by Crippen LogP contribution is -2.13. The largest absolute Gasteiger partial charge is 0.305 e. The fraction of sp³-hybridized carbons (Fsp3) is 1.00. The van der Waals surface area contributed by atoms with Crippen LogP contribution in [0.2, 0.25) is 0 Å². The fourth-order valence-corrected chi connectivity index (χ4v) is 0.937. The van der Waals surface area contributed by atoms with Crippen molar-refractivity contribution < 1.29 is 0 Å². The highest BCUT2D eigenvalue weighted by atomic mass is 32.1. The number of hydrogen-bond acceptors (Lipinski definition) is 1. The molecule has 1 heterocycles. The summed E-state index contributed by atoms with van der Waals surface area (Å²) in [4.78, 5) is 0. The minimum atomic E-state index is 0.380. The van der Waals surface area contributed by atoms with Crippen LogP contribution in [-0.2, 0) is 0 Å². The second-order valence-electron chi connectivity index (χ2n) is 1.58. The third-order valence-corrected chi connectivity index (χ3v) is 1.42. The normalized spacial score (nSPS) is 34.5. The van der Waals surface area contributed by atoms with Gasteiger partial charge in [-0.1, -0.05) is 12.6 Å². The van der Waals surface area contributed by atoms with Crippen molar-refractivity contribution in [3.63, 3.8) is 0 Å². The summed E-state index contributed by atoms with van der Waals surface area (Å²) in [6, 6.07) is 0. The van der Waals surface area contributed by atoms with Gasteiger partial charge in [0.25, 0.3) is 0 Å². The molecule has 0 spiro atoms. The van der Waals surface area contributed by atoms with Crippen molar-refractivity contribution in [2.24, 2.45) is 0 Å². The topological polar surface area (TPSA) is 12.0 Å². The molecule has 0 aliphatic carbocycles. The van der Waals surface area contributed by atoms with E-state index in [-0.39, 0.29) is 0 Å². The molecule has 0 bridgehead atoms. The van der Waals surface area contributed by atoms with Gasteiger partial charge in [-0.3, -0.25) is 0 Å². The lowest BCUT2D eigenvalue weighted by atomic mass is 10.4. The maximum atomic E-state index is 4.89. The summed E-state index contributed by atoms with van der Waals surface area (Å²) < 4.78 is 0. The molecule has 1 saturated heterocycles. The molecule has 0 saturated carbocycles. The summed E-state index contributed by atoms with van der Waals surface area (Å²) in [6.07, 6.45) is 2.46. The van der Waals surface area contributed by atoms with Gasteiger partial charge in [0.15, 0.2) is 0 Å². The van der Waals surface area contributed by atoms with Crippen LogP contribution in [0.3, 0.4) is 0 Å². The van der Waals surface area contributed by atoms with Crippen LogP contribution in [0.4, 0.5) is 0 Å². The summed E-state index contributed by atoms with van der Waals surface area (Å²) in [5, 5.41) is 3.51. The highest BCUT2D eigenvalue weighted by Gasteiger charge is 2.07. The molecule has 0 aromatic rings. The van der Waals surface area contributed by atoms with Gasteiger partial charge >= 0.3 is 0 Å². The van der Waals surface area contributed by atoms with Gasteiger partial charge in [-0.25, -0.2) is 0 Å². The molecule has 1 rings (SSSR count). The van der Waals surface area contributed by atoms with E-state index in [0.717, 1.165) is 6.54 Å². The second-order valence-corrected chi connectivity index (χ2v) is 2.15. The predicted molar refractivity (Wildman–Crippen MR) is 28.6 cm³/mol. The van der Waals surface area contributed by atoms with E-state index in [0.29, 0.717) is 5.37 Å². The van der Waals surface area contributed by atoms with E-state index in [1.807, 2.05) is 0 Å². The lowest BCUT2D eigenvalue weighted by molar-refractivity contribution is 0.812. The summed E-state index contributed by atoms with van der Waals surface area (Å²) >= 11 is 4.89. The summed E-state index contributed by atoms with van der Waals surface area (Å²) in [5.41, 5.74) is 0. The van der Waals surface area contributed by atoms with Crippen LogP contribution in [0.5, 0.6) is 0 Å². The van der Waals surface area contributed by atoms with Crippen molar-refractivity contribution in [2.45, 2.75) is 18.2 Å². The Balaban J connectivity index is 2.18. The van der Waals surface area contributed by atoms with Gasteiger partial charge in [0.2, 0.25) is 0 Å². The molecule has 2 heteroatoms. The van der Waals surface area contributed by atoms with Crippen LogP contribution in [-0.4, -0.2) is 11.9 Å². The van der Waals surface area contributed by atoms with Gasteiger partial charge in [0.05, 0.1) is 5.37 Å². The van der Waals surface area contributed by atoms with E-state index in [1.54, 1.807) is 0 Å². The highest BCUT2D eigenvalue weighted by Crippen LogP contribution is 2.06. The Bertz CT molecular complexity index is 40.8. The molecule has 1 aliphatic rings. The first-order valence-electron chi connectivity index (χ1n) is 2.29. The molecule has 1 radical (unpaired) electrons. The smallest absolute Gasteiger partial charge is 0.0637 e. The molecule has 1 atom stereocenters. The Morgan fingerprint density at radius 2 is 2.50 bits per heavy atom. The van der Waals surface area contributed by atoms with Crippen LogP contribution in [0.25, 0.3) is 0 Å². The third kappa shape index (κ3) is 0.884. The maximum absolute atomic E-state index is 4.89. The van der Waals surface area contributed by atoms with Crippen molar-refractivity contribution in [1.29, 1.82) is 0 Å². The van der Waals surface area contributed by atoms with Crippen LogP contribution in [0, 0.1) is 0 Å². The van der Waals surface area contributed by atoms with Crippen LogP contribution in [0.15, 0.2) is 0 Å². The molecule has 0 aromatic heterocycles. The fourth-order valence-electron chi connectivity index (χ4n) is 0.653. The van der Waals surface area contributed by atoms with Gasteiger partial charge in [-0.05, 0) is 19.4 Å². The minimum absolute atomic E-state index is 0.380. The predicted octanol–water partition coefficient (Wildman–Crippen LogP) is 0.893. The van der Waals surface area contributed by atoms with Crippen LogP contribution < -0.4 is 5.32 Å². The first kappa shape index (κ1) is 4.47. The third-order valence-electron chi connectivity index (χ3n) is 1.02. The maximum Gasteiger partial charge on any atom is 0.0637 e. The van der Waals surface area contributed by atoms with Crippen molar-refractivity contribution >= 4 is 12.6 Å². The van der Waals surface area contributed by atoms with E-state index in [1.165, 1.54) is 12.8 Å². The molecule has 0 amide bonds. The van der Waals surface area contributed by atoms with Crippen molar-refractivity contribution in [3.05, 3.63) is 0 Å². The molecule has 0 aromatic carbocycles. The molecule has 1 nitrogen and oxygen atoms in total. The van der Waals surface area contributed by atoms with Crippen molar-refractivity contribution in [3.8, 4) is 0 Å². The zero-order valence-corrected chi connectivity index (χ0v) is 4.42. The Morgan fingerprint density at radius 3 is 2.67 bits per heavy atom. The molecule has 1 unspecified atom stereocenters. The number of nitrogens with one attached hydrogen (secondary N) is 1. The Labute approximate surface area is 43.5 Å².